The quantitative estimate of drug-likeness (QED) is 0.294. The number of nitrogens with two attached hydrogens (primary N) is 2. The monoisotopic (exact) mass is 572 g/mol. The van der Waals surface area contributed by atoms with Gasteiger partial charge in [-0.2, -0.15) is 0 Å². The topological polar surface area (TPSA) is 89.3 Å². The number of aryl methyl sites for hydroxylation is 2. The van der Waals surface area contributed by atoms with Crippen LogP contribution < -0.4 is 11.5 Å². The number of carbonyl (C=O) groups is 1. The maximum Gasteiger partial charge on any atom is 0.336 e. The van der Waals surface area contributed by atoms with E-state index in [-0.39, 0.29) is 5.56 Å². The van der Waals surface area contributed by atoms with Crippen LogP contribution in [0.2, 0.25) is 15.1 Å². The van der Waals surface area contributed by atoms with Crippen LogP contribution in [-0.2, 0) is 25.9 Å². The van der Waals surface area contributed by atoms with Crippen LogP contribution in [0.25, 0.3) is 0 Å². The van der Waals surface area contributed by atoms with Gasteiger partial charge in [0.05, 0.1) is 5.56 Å². The highest BCUT2D eigenvalue weighted by atomic mass is 79.9. The molecule has 0 fully saturated rings. The fourth-order valence-electron chi connectivity index (χ4n) is 2.92. The van der Waals surface area contributed by atoms with E-state index in [0.29, 0.717) is 22.6 Å². The van der Waals surface area contributed by atoms with Crippen molar-refractivity contribution in [3.05, 3.63) is 102 Å². The second-order valence-electron chi connectivity index (χ2n) is 6.87. The minimum atomic E-state index is -0.987. The molecule has 0 heterocycles. The zero-order valence-electron chi connectivity index (χ0n) is 18.5. The van der Waals surface area contributed by atoms with Crippen LogP contribution in [-0.4, -0.2) is 11.1 Å². The fraction of sp³-hybridized carbons (Fsp3) is 0.240. The van der Waals surface area contributed by atoms with Gasteiger partial charge in [0.25, 0.3) is 0 Å². The molecule has 0 amide bonds. The molecular weight excluding hydrogens is 547 g/mol. The molecular formula is C25H28BrCl3N2O2. The van der Waals surface area contributed by atoms with Gasteiger partial charge in [0.1, 0.15) is 0 Å². The Morgan fingerprint density at radius 2 is 1.15 bits per heavy atom. The molecule has 8 heteroatoms. The van der Waals surface area contributed by atoms with E-state index in [1.54, 1.807) is 12.1 Å². The van der Waals surface area contributed by atoms with Gasteiger partial charge in [-0.05, 0) is 93.5 Å². The van der Waals surface area contributed by atoms with E-state index in [4.69, 9.17) is 51.4 Å². The predicted octanol–water partition coefficient (Wildman–Crippen LogP) is 7.52. The molecule has 0 radical (unpaired) electrons. The number of hydrogen-bond donors (Lipinski definition) is 3. The number of carboxylic acids is 1. The Balaban J connectivity index is 0.000000247. The average molecular weight is 575 g/mol. The molecule has 0 saturated carbocycles. The van der Waals surface area contributed by atoms with Crippen molar-refractivity contribution in [1.29, 1.82) is 0 Å². The summed E-state index contributed by atoms with van der Waals surface area (Å²) in [6, 6.07) is 16.4. The van der Waals surface area contributed by atoms with Gasteiger partial charge in [0.2, 0.25) is 0 Å². The lowest BCUT2D eigenvalue weighted by atomic mass is 10.1. The Labute approximate surface area is 219 Å². The van der Waals surface area contributed by atoms with Crippen LogP contribution >= 0.6 is 50.7 Å². The van der Waals surface area contributed by atoms with Crippen LogP contribution in [0.15, 0.2) is 59.1 Å². The van der Waals surface area contributed by atoms with Crippen LogP contribution in [0.3, 0.4) is 0 Å². The summed E-state index contributed by atoms with van der Waals surface area (Å²) >= 11 is 20.3. The molecule has 3 aromatic carbocycles. The van der Waals surface area contributed by atoms with Crippen molar-refractivity contribution in [2.24, 2.45) is 11.5 Å². The molecule has 4 nitrogen and oxygen atoms in total. The molecule has 178 valence electrons. The Morgan fingerprint density at radius 1 is 0.758 bits per heavy atom. The minimum Gasteiger partial charge on any atom is -0.478 e. The van der Waals surface area contributed by atoms with Crippen molar-refractivity contribution in [2.45, 2.75) is 39.8 Å². The lowest BCUT2D eigenvalue weighted by Crippen LogP contribution is -2.00. The normalized spacial score (nSPS) is 9.94. The van der Waals surface area contributed by atoms with E-state index in [1.807, 2.05) is 36.4 Å². The molecule has 0 unspecified atom stereocenters. The Kier molecular flexibility index (Phi) is 13.7. The molecule has 3 rings (SSSR count). The smallest absolute Gasteiger partial charge is 0.336 e. The molecule has 5 N–H and O–H groups in total. The van der Waals surface area contributed by atoms with E-state index in [9.17, 15) is 4.79 Å². The summed E-state index contributed by atoms with van der Waals surface area (Å²) in [6.45, 7) is 5.37. The number of hydrogen-bond acceptors (Lipinski definition) is 3. The molecule has 0 spiro atoms. The van der Waals surface area contributed by atoms with Gasteiger partial charge in [-0.1, -0.05) is 60.8 Å². The van der Waals surface area contributed by atoms with Crippen LogP contribution in [0, 0.1) is 0 Å². The molecule has 0 saturated heterocycles. The fourth-order valence-corrected chi connectivity index (χ4v) is 3.90. The van der Waals surface area contributed by atoms with Gasteiger partial charge < -0.3 is 16.6 Å². The van der Waals surface area contributed by atoms with E-state index in [0.717, 1.165) is 34.0 Å². The van der Waals surface area contributed by atoms with E-state index in [2.05, 4.69) is 29.8 Å². The molecule has 0 atom stereocenters. The van der Waals surface area contributed by atoms with Gasteiger partial charge in [0, 0.05) is 32.6 Å². The highest BCUT2D eigenvalue weighted by Crippen LogP contribution is 2.21. The summed E-state index contributed by atoms with van der Waals surface area (Å²) in [6.07, 6.45) is 2.04. The zero-order chi connectivity index (χ0) is 25.0. The molecule has 0 aliphatic carbocycles. The van der Waals surface area contributed by atoms with E-state index < -0.39 is 5.97 Å². The highest BCUT2D eigenvalue weighted by Gasteiger charge is 2.07. The number of rotatable bonds is 5. The Hall–Kier alpha value is -1.60. The lowest BCUT2D eigenvalue weighted by Gasteiger charge is -2.04. The van der Waals surface area contributed by atoms with Crippen molar-refractivity contribution in [3.63, 3.8) is 0 Å². The summed E-state index contributed by atoms with van der Waals surface area (Å²) in [5, 5.41) is 10.6. The summed E-state index contributed by atoms with van der Waals surface area (Å²) in [5.41, 5.74) is 16.1. The Bertz CT molecular complexity index is 1010. The van der Waals surface area contributed by atoms with Gasteiger partial charge >= 0.3 is 5.97 Å². The second kappa shape index (κ2) is 15.3. The Morgan fingerprint density at radius 3 is 1.48 bits per heavy atom. The van der Waals surface area contributed by atoms with Gasteiger partial charge in [-0.3, -0.25) is 0 Å². The molecule has 0 aliphatic heterocycles. The SMILES string of the molecule is CCc1ccc(Cl)cc1CN.CCc1ccc(Cl)cc1CN.O=C(O)c1cc(Cl)ccc1Br. The molecule has 0 bridgehead atoms. The van der Waals surface area contributed by atoms with Crippen molar-refractivity contribution in [1.82, 2.24) is 0 Å². The standard InChI is InChI=1S/2C9H12ClN.C7H4BrClO2/c2*1-2-7-3-4-9(10)5-8(7)6-11;8-6-2-1-4(9)3-5(6)7(10)11/h2*3-5H,2,6,11H2,1H3;1-3H,(H,10,11). The van der Waals surface area contributed by atoms with Gasteiger partial charge in [-0.25, -0.2) is 4.79 Å². The van der Waals surface area contributed by atoms with Crippen LogP contribution in [0.5, 0.6) is 0 Å². The first-order valence-corrected chi connectivity index (χ1v) is 12.2. The van der Waals surface area contributed by atoms with Crippen molar-refractivity contribution < 1.29 is 9.90 Å². The first-order chi connectivity index (χ1) is 15.7. The maximum absolute atomic E-state index is 10.5. The maximum atomic E-state index is 10.5. The van der Waals surface area contributed by atoms with Gasteiger partial charge in [-0.15, -0.1) is 0 Å². The number of halogens is 4. The molecule has 33 heavy (non-hydrogen) atoms. The third-order valence-electron chi connectivity index (χ3n) is 4.70. The average Bonchev–Trinajstić information content (AvgIpc) is 2.81. The molecule has 3 aromatic rings. The summed E-state index contributed by atoms with van der Waals surface area (Å²) < 4.78 is 0.536. The van der Waals surface area contributed by atoms with E-state index in [1.165, 1.54) is 17.2 Å². The number of aromatic carboxylic acids is 1. The number of benzene rings is 3. The molecule has 0 aromatic heterocycles. The first-order valence-electron chi connectivity index (χ1n) is 10.3. The van der Waals surface area contributed by atoms with Crippen molar-refractivity contribution >= 4 is 56.7 Å². The number of carboxylic acid groups (broad SMARTS) is 1. The summed E-state index contributed by atoms with van der Waals surface area (Å²) in [4.78, 5) is 10.5. The predicted molar refractivity (Wildman–Crippen MR) is 144 cm³/mol. The summed E-state index contributed by atoms with van der Waals surface area (Å²) in [7, 11) is 0. The van der Waals surface area contributed by atoms with Crippen LogP contribution in [0.1, 0.15) is 46.5 Å². The second-order valence-corrected chi connectivity index (χ2v) is 9.03. The third kappa shape index (κ3) is 10.0. The molecule has 0 aliphatic rings. The van der Waals surface area contributed by atoms with Crippen LogP contribution in [0.4, 0.5) is 0 Å². The zero-order valence-corrected chi connectivity index (χ0v) is 22.4. The minimum absolute atomic E-state index is 0.178. The first kappa shape index (κ1) is 29.4. The highest BCUT2D eigenvalue weighted by molar-refractivity contribution is 9.10. The van der Waals surface area contributed by atoms with Gasteiger partial charge in [0.15, 0.2) is 0 Å². The van der Waals surface area contributed by atoms with Crippen molar-refractivity contribution in [3.8, 4) is 0 Å². The van der Waals surface area contributed by atoms with Crippen molar-refractivity contribution in [2.75, 3.05) is 0 Å². The lowest BCUT2D eigenvalue weighted by molar-refractivity contribution is 0.0696. The summed E-state index contributed by atoms with van der Waals surface area (Å²) in [5.74, 6) is -0.987. The third-order valence-corrected chi connectivity index (χ3v) is 6.09. The van der Waals surface area contributed by atoms with E-state index >= 15 is 0 Å². The largest absolute Gasteiger partial charge is 0.478 e.